The molecule has 2 aromatic carbocycles. The minimum atomic E-state index is -3.09. The number of benzene rings is 2. The summed E-state index contributed by atoms with van der Waals surface area (Å²) in [5, 5.41) is 3.09. The summed E-state index contributed by atoms with van der Waals surface area (Å²) < 4.78 is 38.2. The Kier molecular flexibility index (Phi) is 5.35. The molecule has 6 nitrogen and oxygen atoms in total. The summed E-state index contributed by atoms with van der Waals surface area (Å²) in [7, 11) is -3.09. The van der Waals surface area contributed by atoms with Crippen molar-refractivity contribution in [3.05, 3.63) is 59.9 Å². The zero-order valence-electron chi connectivity index (χ0n) is 15.7. The van der Waals surface area contributed by atoms with E-state index in [-0.39, 0.29) is 40.9 Å². The van der Waals surface area contributed by atoms with E-state index >= 15 is 0 Å². The number of fused-ring (bicyclic) bond motifs is 1. The molecular formula is C20H20FN3O3S2. The van der Waals surface area contributed by atoms with Crippen LogP contribution in [0.3, 0.4) is 0 Å². The van der Waals surface area contributed by atoms with E-state index in [2.05, 4.69) is 10.3 Å². The molecule has 2 heterocycles. The predicted molar refractivity (Wildman–Crippen MR) is 115 cm³/mol. The number of nitrogens with one attached hydrogen (secondary N) is 1. The first-order chi connectivity index (χ1) is 13.8. The molecule has 2 aliphatic heterocycles. The van der Waals surface area contributed by atoms with Crippen molar-refractivity contribution in [3.63, 3.8) is 0 Å². The summed E-state index contributed by atoms with van der Waals surface area (Å²) in [6, 6.07) is 13.2. The van der Waals surface area contributed by atoms with Gasteiger partial charge in [-0.3, -0.25) is 9.79 Å². The van der Waals surface area contributed by atoms with Gasteiger partial charge in [-0.2, -0.15) is 0 Å². The number of rotatable bonds is 4. The van der Waals surface area contributed by atoms with E-state index in [9.17, 15) is 17.6 Å². The number of thioether (sulfide) groups is 1. The highest BCUT2D eigenvalue weighted by Crippen LogP contribution is 2.37. The summed E-state index contributed by atoms with van der Waals surface area (Å²) in [5.74, 6) is -0.737. The molecule has 0 radical (unpaired) electrons. The van der Waals surface area contributed by atoms with E-state index in [0.717, 1.165) is 5.56 Å². The summed E-state index contributed by atoms with van der Waals surface area (Å²) >= 11 is 1.30. The molecule has 1 fully saturated rings. The summed E-state index contributed by atoms with van der Waals surface area (Å²) in [5.41, 5.74) is 1.97. The fourth-order valence-corrected chi connectivity index (χ4v) is 7.15. The number of nitrogens with zero attached hydrogens (tertiary/aromatic N) is 2. The van der Waals surface area contributed by atoms with Crippen LogP contribution in [-0.2, 0) is 14.6 Å². The number of para-hydroxylation sites is 1. The van der Waals surface area contributed by atoms with Gasteiger partial charge < -0.3 is 10.2 Å². The van der Waals surface area contributed by atoms with Gasteiger partial charge in [-0.25, -0.2) is 12.8 Å². The number of amides is 1. The molecule has 2 aromatic rings. The van der Waals surface area contributed by atoms with Gasteiger partial charge in [0.2, 0.25) is 5.91 Å². The first kappa shape index (κ1) is 19.9. The van der Waals surface area contributed by atoms with Gasteiger partial charge in [-0.1, -0.05) is 41.6 Å². The molecule has 0 saturated carbocycles. The highest BCUT2D eigenvalue weighted by Gasteiger charge is 2.44. The van der Waals surface area contributed by atoms with Gasteiger partial charge in [0, 0.05) is 10.9 Å². The van der Waals surface area contributed by atoms with Gasteiger partial charge in [0.15, 0.2) is 15.0 Å². The zero-order valence-corrected chi connectivity index (χ0v) is 17.3. The molecule has 1 amide bonds. The van der Waals surface area contributed by atoms with Crippen LogP contribution in [0.1, 0.15) is 5.56 Å². The highest BCUT2D eigenvalue weighted by atomic mass is 32.2. The second kappa shape index (κ2) is 7.79. The average Bonchev–Trinajstić information content (AvgIpc) is 3.16. The number of anilines is 2. The third-order valence-electron chi connectivity index (χ3n) is 4.82. The van der Waals surface area contributed by atoms with E-state index < -0.39 is 15.7 Å². The molecule has 1 saturated heterocycles. The van der Waals surface area contributed by atoms with Crippen LogP contribution in [0.4, 0.5) is 15.8 Å². The Morgan fingerprint density at radius 3 is 2.62 bits per heavy atom. The van der Waals surface area contributed by atoms with Crippen LogP contribution < -0.4 is 10.2 Å². The lowest BCUT2D eigenvalue weighted by atomic mass is 10.2. The standard InChI is InChI=1S/C20H20FN3O3S2/c1-13-6-8-14(9-7-13)22-19(25)10-24(17-5-3-2-4-15(17)21)20-23-16-11-29(26,27)12-18(16)28-20/h2-9,16,18H,10-12H2,1H3,(H,22,25)/t16-,18+/m1/s1. The Hall–Kier alpha value is -2.39. The Morgan fingerprint density at radius 1 is 1.21 bits per heavy atom. The number of aliphatic imine (C=N–C) groups is 1. The van der Waals surface area contributed by atoms with Crippen LogP contribution in [0.15, 0.2) is 53.5 Å². The first-order valence-electron chi connectivity index (χ1n) is 9.14. The molecule has 1 N–H and O–H groups in total. The van der Waals surface area contributed by atoms with E-state index in [1.807, 2.05) is 19.1 Å². The van der Waals surface area contributed by atoms with Gasteiger partial charge in [-0.05, 0) is 31.2 Å². The molecule has 0 aliphatic carbocycles. The maximum atomic E-state index is 14.5. The minimum Gasteiger partial charge on any atom is -0.325 e. The minimum absolute atomic E-state index is 0.00512. The van der Waals surface area contributed by atoms with Gasteiger partial charge in [0.25, 0.3) is 0 Å². The number of halogens is 1. The molecule has 2 aliphatic rings. The number of carbonyl (C=O) groups excluding carboxylic acids is 1. The number of carbonyl (C=O) groups is 1. The smallest absolute Gasteiger partial charge is 0.244 e. The second-order valence-corrected chi connectivity index (χ2v) is 10.5. The van der Waals surface area contributed by atoms with Gasteiger partial charge in [0.05, 0.1) is 23.2 Å². The largest absolute Gasteiger partial charge is 0.325 e. The first-order valence-corrected chi connectivity index (χ1v) is 11.8. The Balaban J connectivity index is 1.57. The second-order valence-electron chi connectivity index (χ2n) is 7.16. The number of hydrogen-bond acceptors (Lipinski definition) is 6. The third kappa shape index (κ3) is 4.45. The number of aryl methyl sites for hydroxylation is 1. The Labute approximate surface area is 173 Å². The molecule has 152 valence electrons. The Bertz CT molecular complexity index is 1070. The van der Waals surface area contributed by atoms with Crippen LogP contribution in [0.25, 0.3) is 0 Å². The topological polar surface area (TPSA) is 78.8 Å². The molecule has 2 atom stereocenters. The van der Waals surface area contributed by atoms with E-state index in [0.29, 0.717) is 10.9 Å². The van der Waals surface area contributed by atoms with Gasteiger partial charge in [-0.15, -0.1) is 0 Å². The average molecular weight is 434 g/mol. The van der Waals surface area contributed by atoms with Crippen molar-refractivity contribution in [2.45, 2.75) is 18.2 Å². The van der Waals surface area contributed by atoms with Crippen molar-refractivity contribution in [2.24, 2.45) is 4.99 Å². The fraction of sp³-hybridized carbons (Fsp3) is 0.300. The van der Waals surface area contributed by atoms with Crippen molar-refractivity contribution in [1.29, 1.82) is 0 Å². The van der Waals surface area contributed by atoms with Crippen molar-refractivity contribution < 1.29 is 17.6 Å². The molecular weight excluding hydrogens is 413 g/mol. The monoisotopic (exact) mass is 433 g/mol. The lowest BCUT2D eigenvalue weighted by Gasteiger charge is -2.24. The van der Waals surface area contributed by atoms with E-state index in [1.165, 1.54) is 22.7 Å². The van der Waals surface area contributed by atoms with Crippen LogP contribution >= 0.6 is 11.8 Å². The predicted octanol–water partition coefficient (Wildman–Crippen LogP) is 2.85. The van der Waals surface area contributed by atoms with Gasteiger partial charge >= 0.3 is 0 Å². The molecule has 9 heteroatoms. The van der Waals surface area contributed by atoms with Crippen molar-refractivity contribution in [1.82, 2.24) is 0 Å². The highest BCUT2D eigenvalue weighted by molar-refractivity contribution is 8.15. The van der Waals surface area contributed by atoms with Crippen molar-refractivity contribution >= 4 is 44.0 Å². The van der Waals surface area contributed by atoms with Crippen LogP contribution in [-0.4, -0.2) is 48.8 Å². The quantitative estimate of drug-likeness (QED) is 0.802. The third-order valence-corrected chi connectivity index (χ3v) is 8.06. The van der Waals surface area contributed by atoms with Gasteiger partial charge in [0.1, 0.15) is 12.4 Å². The lowest BCUT2D eigenvalue weighted by Crippen LogP contribution is -2.37. The van der Waals surface area contributed by atoms with Crippen molar-refractivity contribution in [3.8, 4) is 0 Å². The number of amidine groups is 1. The van der Waals surface area contributed by atoms with Crippen molar-refractivity contribution in [2.75, 3.05) is 28.3 Å². The molecule has 0 aromatic heterocycles. The Morgan fingerprint density at radius 2 is 1.93 bits per heavy atom. The zero-order chi connectivity index (χ0) is 20.6. The van der Waals surface area contributed by atoms with E-state index in [4.69, 9.17) is 0 Å². The molecule has 4 rings (SSSR count). The number of hydrogen-bond donors (Lipinski definition) is 1. The maximum Gasteiger partial charge on any atom is 0.244 e. The summed E-state index contributed by atoms with van der Waals surface area (Å²) in [6.45, 7) is 1.82. The summed E-state index contributed by atoms with van der Waals surface area (Å²) in [6.07, 6.45) is 0. The molecule has 0 spiro atoms. The molecule has 0 bridgehead atoms. The molecule has 29 heavy (non-hydrogen) atoms. The maximum absolute atomic E-state index is 14.5. The van der Waals surface area contributed by atoms with Crippen LogP contribution in [0.2, 0.25) is 0 Å². The van der Waals surface area contributed by atoms with Crippen LogP contribution in [0.5, 0.6) is 0 Å². The SMILES string of the molecule is Cc1ccc(NC(=O)CN(C2=N[C@@H]3CS(=O)(=O)C[C@@H]3S2)c2ccccc2F)cc1. The van der Waals surface area contributed by atoms with Crippen LogP contribution in [0, 0.1) is 12.7 Å². The summed E-state index contributed by atoms with van der Waals surface area (Å²) in [4.78, 5) is 18.7. The lowest BCUT2D eigenvalue weighted by molar-refractivity contribution is -0.114. The normalized spacial score (nSPS) is 22.1. The fourth-order valence-electron chi connectivity index (χ4n) is 3.38. The van der Waals surface area contributed by atoms with E-state index in [1.54, 1.807) is 30.3 Å². The molecule has 0 unspecified atom stereocenters. The number of sulfone groups is 1.